The molecule has 2 aromatic carbocycles. The van der Waals surface area contributed by atoms with Gasteiger partial charge in [0.15, 0.2) is 0 Å². The molecule has 33 heavy (non-hydrogen) atoms. The summed E-state index contributed by atoms with van der Waals surface area (Å²) in [5.74, 6) is 1.35. The average molecular weight is 477 g/mol. The molecular formula is C27H28N2O2S2. The number of rotatable bonds is 9. The molecule has 1 saturated heterocycles. The Morgan fingerprint density at radius 1 is 1.18 bits per heavy atom. The van der Waals surface area contributed by atoms with Crippen molar-refractivity contribution in [2.24, 2.45) is 0 Å². The minimum Gasteiger partial charge on any atom is -0.491 e. The molecule has 170 valence electrons. The number of benzene rings is 2. The van der Waals surface area contributed by atoms with E-state index in [0.717, 1.165) is 28.6 Å². The average Bonchev–Trinajstić information content (AvgIpc) is 3.31. The van der Waals surface area contributed by atoms with Gasteiger partial charge in [-0.1, -0.05) is 80.3 Å². The normalized spacial score (nSPS) is 16.1. The summed E-state index contributed by atoms with van der Waals surface area (Å²) in [6.07, 6.45) is 6.80. The fraction of sp³-hybridized carbons (Fsp3) is 0.259. The highest BCUT2D eigenvalue weighted by molar-refractivity contribution is 8.26. The molecule has 4 nitrogen and oxygen atoms in total. The first kappa shape index (κ1) is 23.3. The van der Waals surface area contributed by atoms with E-state index in [1.54, 1.807) is 11.0 Å². The van der Waals surface area contributed by atoms with Crippen molar-refractivity contribution in [2.75, 3.05) is 13.2 Å². The van der Waals surface area contributed by atoms with Crippen molar-refractivity contribution >= 4 is 51.2 Å². The zero-order chi connectivity index (χ0) is 23.4. The van der Waals surface area contributed by atoms with Gasteiger partial charge in [-0.2, -0.15) is 0 Å². The molecule has 1 unspecified atom stereocenters. The zero-order valence-electron chi connectivity index (χ0n) is 19.0. The van der Waals surface area contributed by atoms with Crippen molar-refractivity contribution in [1.29, 1.82) is 0 Å². The Labute approximate surface area is 204 Å². The van der Waals surface area contributed by atoms with Crippen LogP contribution in [0.3, 0.4) is 0 Å². The third-order valence-electron chi connectivity index (χ3n) is 5.94. The third kappa shape index (κ3) is 4.92. The van der Waals surface area contributed by atoms with E-state index in [1.165, 1.54) is 17.3 Å². The predicted octanol–water partition coefficient (Wildman–Crippen LogP) is 6.62. The summed E-state index contributed by atoms with van der Waals surface area (Å²) in [6.45, 7) is 9.84. The summed E-state index contributed by atoms with van der Waals surface area (Å²) in [5, 5.41) is 1.10. The van der Waals surface area contributed by atoms with Crippen LogP contribution in [-0.2, 0) is 11.3 Å². The molecule has 0 N–H and O–H groups in total. The predicted molar refractivity (Wildman–Crippen MR) is 143 cm³/mol. The molecule has 0 spiro atoms. The largest absolute Gasteiger partial charge is 0.491 e. The highest BCUT2D eigenvalue weighted by Crippen LogP contribution is 2.34. The van der Waals surface area contributed by atoms with Crippen LogP contribution in [0.15, 0.2) is 72.3 Å². The van der Waals surface area contributed by atoms with E-state index >= 15 is 0 Å². The van der Waals surface area contributed by atoms with Crippen molar-refractivity contribution < 1.29 is 9.53 Å². The Morgan fingerprint density at radius 2 is 1.94 bits per heavy atom. The molecule has 1 atom stereocenters. The number of thiocarbonyl (C=S) groups is 1. The highest BCUT2D eigenvalue weighted by Gasteiger charge is 2.31. The summed E-state index contributed by atoms with van der Waals surface area (Å²) < 4.78 is 8.96. The molecule has 6 heteroatoms. The number of para-hydroxylation sites is 2. The number of nitrogens with zero attached hydrogens (tertiary/aromatic N) is 2. The second kappa shape index (κ2) is 10.4. The van der Waals surface area contributed by atoms with Gasteiger partial charge in [-0.3, -0.25) is 9.69 Å². The van der Waals surface area contributed by atoms with Crippen LogP contribution < -0.4 is 4.74 Å². The zero-order valence-corrected chi connectivity index (χ0v) is 20.6. The van der Waals surface area contributed by atoms with Crippen LogP contribution in [0.1, 0.15) is 37.3 Å². The molecular weight excluding hydrogens is 448 g/mol. The summed E-state index contributed by atoms with van der Waals surface area (Å²) in [6, 6.07) is 16.5. The first-order valence-corrected chi connectivity index (χ1v) is 12.4. The second-order valence-corrected chi connectivity index (χ2v) is 9.75. The Bertz CT molecular complexity index is 1230. The fourth-order valence-electron chi connectivity index (χ4n) is 4.00. The van der Waals surface area contributed by atoms with Gasteiger partial charge >= 0.3 is 0 Å². The van der Waals surface area contributed by atoms with Crippen LogP contribution in [0.5, 0.6) is 5.75 Å². The number of fused-ring (bicyclic) bond motifs is 1. The van der Waals surface area contributed by atoms with Gasteiger partial charge in [0.2, 0.25) is 0 Å². The van der Waals surface area contributed by atoms with E-state index in [0.29, 0.717) is 34.8 Å². The van der Waals surface area contributed by atoms with Crippen LogP contribution in [0.2, 0.25) is 0 Å². The van der Waals surface area contributed by atoms with E-state index in [4.69, 9.17) is 17.0 Å². The lowest BCUT2D eigenvalue weighted by Gasteiger charge is -2.16. The number of hydrogen-bond donors (Lipinski definition) is 0. The minimum absolute atomic E-state index is 0.0632. The van der Waals surface area contributed by atoms with Crippen LogP contribution in [0, 0.1) is 0 Å². The first-order chi connectivity index (χ1) is 16.0. The van der Waals surface area contributed by atoms with Crippen molar-refractivity contribution in [2.45, 2.75) is 32.7 Å². The Hall–Kier alpha value is -2.83. The van der Waals surface area contributed by atoms with E-state index in [9.17, 15) is 4.79 Å². The summed E-state index contributed by atoms with van der Waals surface area (Å²) in [5.41, 5.74) is 3.37. The van der Waals surface area contributed by atoms with Gasteiger partial charge in [0, 0.05) is 29.2 Å². The van der Waals surface area contributed by atoms with Gasteiger partial charge in [-0.25, -0.2) is 0 Å². The van der Waals surface area contributed by atoms with E-state index in [2.05, 4.69) is 55.5 Å². The Morgan fingerprint density at radius 3 is 2.73 bits per heavy atom. The summed E-state index contributed by atoms with van der Waals surface area (Å²) in [4.78, 5) is 15.0. The van der Waals surface area contributed by atoms with Crippen molar-refractivity contribution in [1.82, 2.24) is 9.47 Å². The third-order valence-corrected chi connectivity index (χ3v) is 7.32. The van der Waals surface area contributed by atoms with E-state index in [1.807, 2.05) is 30.3 Å². The van der Waals surface area contributed by atoms with Gasteiger partial charge in [0.05, 0.1) is 11.4 Å². The lowest BCUT2D eigenvalue weighted by molar-refractivity contribution is -0.121. The first-order valence-electron chi connectivity index (χ1n) is 11.2. The fourth-order valence-corrected chi connectivity index (χ4v) is 5.26. The maximum Gasteiger partial charge on any atom is 0.266 e. The SMILES string of the molecule is C=CCN1C(=O)C(=Cc2cn(CCOc3ccccc3C(C)CC)c3ccccc23)SC1=S. The molecule has 4 rings (SSSR count). The molecule has 1 fully saturated rings. The topological polar surface area (TPSA) is 34.5 Å². The molecule has 0 bridgehead atoms. The van der Waals surface area contributed by atoms with Gasteiger partial charge in [-0.15, -0.1) is 6.58 Å². The Kier molecular flexibility index (Phi) is 7.36. The standard InChI is InChI=1S/C27H28N2O2S2/c1-4-14-29-26(30)25(33-27(29)32)17-20-18-28(23-12-8-6-11-22(20)23)15-16-31-24-13-9-7-10-21(24)19(3)5-2/h4,6-13,17-19H,1,5,14-16H2,2-3H3. The number of thioether (sulfide) groups is 1. The van der Waals surface area contributed by atoms with Gasteiger partial charge in [0.1, 0.15) is 16.7 Å². The number of carbonyl (C=O) groups excluding carboxylic acids is 1. The summed E-state index contributed by atoms with van der Waals surface area (Å²) in [7, 11) is 0. The van der Waals surface area contributed by atoms with Crippen molar-refractivity contribution in [3.05, 3.63) is 83.4 Å². The molecule has 1 aliphatic heterocycles. The van der Waals surface area contributed by atoms with Crippen molar-refractivity contribution in [3.63, 3.8) is 0 Å². The molecule has 3 aromatic rings. The number of amides is 1. The molecule has 0 radical (unpaired) electrons. The summed E-state index contributed by atoms with van der Waals surface area (Å²) >= 11 is 6.72. The molecule has 1 aliphatic rings. The monoisotopic (exact) mass is 476 g/mol. The lowest BCUT2D eigenvalue weighted by atomic mass is 9.98. The molecule has 1 amide bonds. The molecule has 2 heterocycles. The maximum atomic E-state index is 12.8. The quantitative estimate of drug-likeness (QED) is 0.197. The number of ether oxygens (including phenoxy) is 1. The van der Waals surface area contributed by atoms with Gasteiger partial charge < -0.3 is 9.30 Å². The lowest BCUT2D eigenvalue weighted by Crippen LogP contribution is -2.27. The molecule has 0 saturated carbocycles. The number of carbonyl (C=O) groups is 1. The van der Waals surface area contributed by atoms with Gasteiger partial charge in [0.25, 0.3) is 5.91 Å². The van der Waals surface area contributed by atoms with E-state index < -0.39 is 0 Å². The maximum absolute atomic E-state index is 12.8. The smallest absolute Gasteiger partial charge is 0.266 e. The van der Waals surface area contributed by atoms with Crippen LogP contribution in [0.4, 0.5) is 0 Å². The highest BCUT2D eigenvalue weighted by atomic mass is 32.2. The van der Waals surface area contributed by atoms with Crippen LogP contribution in [-0.4, -0.2) is 32.8 Å². The molecule has 1 aromatic heterocycles. The number of aromatic nitrogens is 1. The molecule has 0 aliphatic carbocycles. The van der Waals surface area contributed by atoms with Crippen LogP contribution >= 0.6 is 24.0 Å². The number of hydrogen-bond acceptors (Lipinski definition) is 4. The Balaban J connectivity index is 1.56. The van der Waals surface area contributed by atoms with E-state index in [-0.39, 0.29) is 5.91 Å². The minimum atomic E-state index is -0.0632. The second-order valence-electron chi connectivity index (χ2n) is 8.07. The van der Waals surface area contributed by atoms with Crippen LogP contribution in [0.25, 0.3) is 17.0 Å². The van der Waals surface area contributed by atoms with Crippen molar-refractivity contribution in [3.8, 4) is 5.75 Å². The van der Waals surface area contributed by atoms with Gasteiger partial charge in [-0.05, 0) is 36.1 Å².